The summed E-state index contributed by atoms with van der Waals surface area (Å²) in [5, 5.41) is 0. The first-order valence-corrected chi connectivity index (χ1v) is 6.11. The summed E-state index contributed by atoms with van der Waals surface area (Å²) in [7, 11) is 1.52. The van der Waals surface area contributed by atoms with Crippen molar-refractivity contribution >= 4 is 12.3 Å². The van der Waals surface area contributed by atoms with Gasteiger partial charge in [-0.25, -0.2) is 4.79 Å². The maximum absolute atomic E-state index is 11.4. The average molecular weight is 256 g/mol. The summed E-state index contributed by atoms with van der Waals surface area (Å²) in [4.78, 5) is 22.5. The van der Waals surface area contributed by atoms with E-state index in [0.29, 0.717) is 6.29 Å². The van der Waals surface area contributed by atoms with E-state index in [4.69, 9.17) is 14.2 Å². The highest BCUT2D eigenvalue weighted by Gasteiger charge is 2.43. The van der Waals surface area contributed by atoms with Crippen LogP contribution in [0.4, 0.5) is 0 Å². The summed E-state index contributed by atoms with van der Waals surface area (Å²) in [5.41, 5.74) is 0.206. The Morgan fingerprint density at radius 3 is 2.83 bits per heavy atom. The lowest BCUT2D eigenvalue weighted by atomic mass is 9.93. The van der Waals surface area contributed by atoms with Crippen LogP contribution < -0.4 is 0 Å². The quantitative estimate of drug-likeness (QED) is 0.285. The number of rotatable bonds is 8. The Bertz CT molecular complexity index is 305. The minimum atomic E-state index is -0.615. The third-order valence-electron chi connectivity index (χ3n) is 3.02. The van der Waals surface area contributed by atoms with Crippen molar-refractivity contribution in [2.75, 3.05) is 13.9 Å². The lowest BCUT2D eigenvalue weighted by Gasteiger charge is -2.24. The summed E-state index contributed by atoms with van der Waals surface area (Å²) in [5.74, 6) is -1.13. The SMILES string of the molecule is C=C1C(=O)O[C@H]([C@H](CCCC)OCOC)[C@H]1C=O. The van der Waals surface area contributed by atoms with Gasteiger partial charge in [-0.3, -0.25) is 0 Å². The summed E-state index contributed by atoms with van der Waals surface area (Å²) >= 11 is 0. The molecule has 5 nitrogen and oxygen atoms in total. The molecule has 1 aliphatic rings. The van der Waals surface area contributed by atoms with Crippen molar-refractivity contribution < 1.29 is 23.8 Å². The van der Waals surface area contributed by atoms with Crippen molar-refractivity contribution in [2.45, 2.75) is 38.4 Å². The number of hydrogen-bond donors (Lipinski definition) is 0. The van der Waals surface area contributed by atoms with Crippen LogP contribution in [-0.2, 0) is 23.8 Å². The van der Waals surface area contributed by atoms with Gasteiger partial charge in [0.15, 0.2) is 0 Å². The second-order valence-corrected chi connectivity index (χ2v) is 4.31. The van der Waals surface area contributed by atoms with Gasteiger partial charge >= 0.3 is 5.97 Å². The highest BCUT2D eigenvalue weighted by molar-refractivity contribution is 5.95. The number of methoxy groups -OCH3 is 1. The van der Waals surface area contributed by atoms with Gasteiger partial charge in [0.25, 0.3) is 0 Å². The molecule has 5 heteroatoms. The molecule has 0 aromatic carbocycles. The number of ether oxygens (including phenoxy) is 3. The fraction of sp³-hybridized carbons (Fsp3) is 0.692. The minimum absolute atomic E-state index is 0.112. The van der Waals surface area contributed by atoms with Crippen LogP contribution in [0.15, 0.2) is 12.2 Å². The molecule has 0 amide bonds. The summed E-state index contributed by atoms with van der Waals surface area (Å²) in [6, 6.07) is 0. The van der Waals surface area contributed by atoms with E-state index in [2.05, 4.69) is 13.5 Å². The zero-order valence-corrected chi connectivity index (χ0v) is 10.9. The molecule has 0 N–H and O–H groups in total. The van der Waals surface area contributed by atoms with Crippen molar-refractivity contribution in [1.82, 2.24) is 0 Å². The molecule has 0 bridgehead atoms. The lowest BCUT2D eigenvalue weighted by molar-refractivity contribution is -0.156. The van der Waals surface area contributed by atoms with Gasteiger partial charge in [-0.15, -0.1) is 0 Å². The van der Waals surface area contributed by atoms with Crippen molar-refractivity contribution in [2.24, 2.45) is 5.92 Å². The fourth-order valence-corrected chi connectivity index (χ4v) is 1.98. The standard InChI is InChI=1S/C13H20O5/c1-4-5-6-11(17-8-16-3)12-10(7-14)9(2)13(15)18-12/h7,10-12H,2,4-6,8H2,1,3H3/t10-,11-,12-/m0/s1. The molecule has 1 aliphatic heterocycles. The van der Waals surface area contributed by atoms with E-state index in [1.54, 1.807) is 0 Å². The number of carbonyl (C=O) groups is 2. The molecule has 1 saturated heterocycles. The summed E-state index contributed by atoms with van der Waals surface area (Å²) in [6.07, 6.45) is 2.44. The van der Waals surface area contributed by atoms with Crippen LogP contribution in [0, 0.1) is 5.92 Å². The van der Waals surface area contributed by atoms with Crippen LogP contribution in [0.1, 0.15) is 26.2 Å². The van der Waals surface area contributed by atoms with Gasteiger partial charge < -0.3 is 19.0 Å². The number of aldehydes is 1. The number of cyclic esters (lactones) is 1. The zero-order valence-electron chi connectivity index (χ0n) is 10.9. The van der Waals surface area contributed by atoms with Crippen molar-refractivity contribution in [1.29, 1.82) is 0 Å². The molecule has 1 rings (SSSR count). The fourth-order valence-electron chi connectivity index (χ4n) is 1.98. The maximum atomic E-state index is 11.4. The molecule has 3 atom stereocenters. The highest BCUT2D eigenvalue weighted by Crippen LogP contribution is 2.30. The normalized spacial score (nSPS) is 25.0. The monoisotopic (exact) mass is 256 g/mol. The number of esters is 1. The molecular weight excluding hydrogens is 236 g/mol. The minimum Gasteiger partial charge on any atom is -0.455 e. The highest BCUT2D eigenvalue weighted by atomic mass is 16.7. The lowest BCUT2D eigenvalue weighted by Crippen LogP contribution is -2.35. The van der Waals surface area contributed by atoms with Crippen LogP contribution in [0.25, 0.3) is 0 Å². The van der Waals surface area contributed by atoms with Crippen molar-refractivity contribution in [3.8, 4) is 0 Å². The van der Waals surface area contributed by atoms with E-state index in [0.717, 1.165) is 19.3 Å². The zero-order chi connectivity index (χ0) is 13.5. The van der Waals surface area contributed by atoms with Gasteiger partial charge in [-0.1, -0.05) is 26.3 Å². The third kappa shape index (κ3) is 3.40. The molecule has 1 heterocycles. The largest absolute Gasteiger partial charge is 0.455 e. The summed E-state index contributed by atoms with van der Waals surface area (Å²) in [6.45, 7) is 5.76. The van der Waals surface area contributed by atoms with Crippen molar-refractivity contribution in [3.63, 3.8) is 0 Å². The van der Waals surface area contributed by atoms with Gasteiger partial charge in [0.1, 0.15) is 19.2 Å². The van der Waals surface area contributed by atoms with Crippen molar-refractivity contribution in [3.05, 3.63) is 12.2 Å². The first kappa shape index (κ1) is 14.9. The Morgan fingerprint density at radius 1 is 1.56 bits per heavy atom. The van der Waals surface area contributed by atoms with E-state index < -0.39 is 18.0 Å². The Balaban J connectivity index is 2.73. The van der Waals surface area contributed by atoms with E-state index >= 15 is 0 Å². The first-order valence-electron chi connectivity index (χ1n) is 6.11. The molecule has 0 radical (unpaired) electrons. The predicted octanol–water partition coefficient (Wildman–Crippen LogP) is 1.46. The van der Waals surface area contributed by atoms with Crippen LogP contribution in [0.5, 0.6) is 0 Å². The van der Waals surface area contributed by atoms with Crippen LogP contribution in [-0.4, -0.2) is 38.4 Å². The van der Waals surface area contributed by atoms with Gasteiger partial charge in [-0.05, 0) is 6.42 Å². The Labute approximate surface area is 107 Å². The van der Waals surface area contributed by atoms with Gasteiger partial charge in [0.2, 0.25) is 0 Å². The molecule has 0 saturated carbocycles. The second-order valence-electron chi connectivity index (χ2n) is 4.31. The van der Waals surface area contributed by atoms with E-state index in [1.165, 1.54) is 7.11 Å². The van der Waals surface area contributed by atoms with Gasteiger partial charge in [0, 0.05) is 12.7 Å². The topological polar surface area (TPSA) is 61.8 Å². The second kappa shape index (κ2) is 7.28. The maximum Gasteiger partial charge on any atom is 0.334 e. The Kier molecular flexibility index (Phi) is 6.01. The smallest absolute Gasteiger partial charge is 0.334 e. The number of carbonyl (C=O) groups excluding carboxylic acids is 2. The number of unbranched alkanes of at least 4 members (excludes halogenated alkanes) is 1. The third-order valence-corrected chi connectivity index (χ3v) is 3.02. The number of hydrogen-bond acceptors (Lipinski definition) is 5. The Hall–Kier alpha value is -1.20. The molecule has 0 unspecified atom stereocenters. The summed E-state index contributed by atoms with van der Waals surface area (Å²) < 4.78 is 15.6. The van der Waals surface area contributed by atoms with Gasteiger partial charge in [0.05, 0.1) is 12.0 Å². The average Bonchev–Trinajstić information content (AvgIpc) is 2.65. The van der Waals surface area contributed by atoms with E-state index in [1.807, 2.05) is 0 Å². The molecule has 102 valence electrons. The Morgan fingerprint density at radius 2 is 2.28 bits per heavy atom. The molecular formula is C13H20O5. The molecule has 1 fully saturated rings. The molecule has 0 aromatic heterocycles. The molecule has 0 aromatic rings. The van der Waals surface area contributed by atoms with Gasteiger partial charge in [-0.2, -0.15) is 0 Å². The van der Waals surface area contributed by atoms with Crippen LogP contribution >= 0.6 is 0 Å². The van der Waals surface area contributed by atoms with Crippen LogP contribution in [0.2, 0.25) is 0 Å². The molecule has 0 aliphatic carbocycles. The molecule has 0 spiro atoms. The van der Waals surface area contributed by atoms with Crippen LogP contribution in [0.3, 0.4) is 0 Å². The predicted molar refractivity (Wildman–Crippen MR) is 64.8 cm³/mol. The van der Waals surface area contributed by atoms with E-state index in [9.17, 15) is 9.59 Å². The van der Waals surface area contributed by atoms with E-state index in [-0.39, 0.29) is 18.5 Å². The molecule has 18 heavy (non-hydrogen) atoms. The first-order chi connectivity index (χ1) is 8.65.